The highest BCUT2D eigenvalue weighted by molar-refractivity contribution is 5.96. The molecular weight excluding hydrogens is 668 g/mol. The van der Waals surface area contributed by atoms with E-state index in [0.717, 1.165) is 0 Å². The Morgan fingerprint density at radius 3 is 2.10 bits per heavy atom. The molecule has 1 saturated heterocycles. The van der Waals surface area contributed by atoms with Gasteiger partial charge in [0.1, 0.15) is 36.0 Å². The number of unbranched alkanes of at least 4 members (excludes halogenated alkanes) is 2. The van der Waals surface area contributed by atoms with Gasteiger partial charge in [-0.3, -0.25) is 38.4 Å². The van der Waals surface area contributed by atoms with E-state index in [0.29, 0.717) is 31.2 Å². The highest BCUT2D eigenvalue weighted by Gasteiger charge is 2.39. The number of benzene rings is 1. The van der Waals surface area contributed by atoms with Crippen LogP contribution in [0.2, 0.25) is 0 Å². The van der Waals surface area contributed by atoms with Gasteiger partial charge in [0.2, 0.25) is 35.4 Å². The van der Waals surface area contributed by atoms with Crippen LogP contribution in [0.1, 0.15) is 78.2 Å². The number of hydrogen-bond acceptors (Lipinski definition) is 9. The van der Waals surface area contributed by atoms with Crippen molar-refractivity contribution >= 4 is 47.4 Å². The van der Waals surface area contributed by atoms with Crippen molar-refractivity contribution in [2.75, 3.05) is 13.1 Å². The molecule has 0 saturated carbocycles. The van der Waals surface area contributed by atoms with Crippen LogP contribution < -0.4 is 26.6 Å². The van der Waals surface area contributed by atoms with Crippen molar-refractivity contribution in [2.24, 2.45) is 5.92 Å². The van der Waals surface area contributed by atoms with Gasteiger partial charge in [-0.1, -0.05) is 38.8 Å². The second kappa shape index (κ2) is 20.5. The summed E-state index contributed by atoms with van der Waals surface area (Å²) in [6, 6.07) is 0.554. The molecule has 0 bridgehead atoms. The Bertz CT molecular complexity index is 1420. The van der Waals surface area contributed by atoms with Gasteiger partial charge in [-0.15, -0.1) is 0 Å². The largest absolute Gasteiger partial charge is 0.508 e. The molecule has 17 nitrogen and oxygen atoms in total. The van der Waals surface area contributed by atoms with Crippen molar-refractivity contribution in [3.8, 4) is 5.75 Å². The predicted octanol–water partition coefficient (Wildman–Crippen LogP) is -0.203. The maximum Gasteiger partial charge on any atom is 0.325 e. The molecule has 5 atom stereocenters. The average Bonchev–Trinajstić information content (AvgIpc) is 3.55. The fourth-order valence-corrected chi connectivity index (χ4v) is 5.57. The molecule has 282 valence electrons. The molecule has 8 N–H and O–H groups in total. The number of aliphatic carboxylic acids is 2. The Kier molecular flexibility index (Phi) is 16.8. The summed E-state index contributed by atoms with van der Waals surface area (Å²) in [6.07, 6.45) is 1.84. The third-order valence-electron chi connectivity index (χ3n) is 8.32. The Labute approximate surface area is 296 Å². The number of amides is 6. The molecule has 0 aliphatic carbocycles. The summed E-state index contributed by atoms with van der Waals surface area (Å²) in [5.41, 5.74) is 0.605. The van der Waals surface area contributed by atoms with E-state index >= 15 is 0 Å². The number of carbonyl (C=O) groups is 8. The fraction of sp³-hybridized carbons (Fsp3) is 0.588. The Hall–Kier alpha value is -5.22. The molecule has 17 heteroatoms. The molecule has 2 rings (SSSR count). The van der Waals surface area contributed by atoms with Crippen molar-refractivity contribution in [3.05, 3.63) is 29.8 Å². The van der Waals surface area contributed by atoms with Crippen molar-refractivity contribution in [1.82, 2.24) is 31.5 Å². The van der Waals surface area contributed by atoms with Crippen LogP contribution >= 0.6 is 0 Å². The molecule has 0 aromatic heterocycles. The molecule has 51 heavy (non-hydrogen) atoms. The van der Waals surface area contributed by atoms with Crippen molar-refractivity contribution in [2.45, 2.75) is 109 Å². The quantitative estimate of drug-likeness (QED) is 0.0819. The van der Waals surface area contributed by atoms with Gasteiger partial charge in [0.15, 0.2) is 0 Å². The smallest absolute Gasteiger partial charge is 0.325 e. The van der Waals surface area contributed by atoms with Gasteiger partial charge in [-0.05, 0) is 56.2 Å². The lowest BCUT2D eigenvalue weighted by Crippen LogP contribution is -2.59. The number of likely N-dealkylation sites (tertiary alicyclic amines) is 1. The summed E-state index contributed by atoms with van der Waals surface area (Å²) in [6.45, 7) is 5.60. The molecule has 1 fully saturated rings. The van der Waals surface area contributed by atoms with E-state index in [2.05, 4.69) is 26.6 Å². The molecule has 6 amide bonds. The van der Waals surface area contributed by atoms with E-state index in [1.165, 1.54) is 30.9 Å². The normalized spacial score (nSPS) is 16.3. The van der Waals surface area contributed by atoms with Crippen LogP contribution in [0, 0.1) is 5.92 Å². The second-order valence-corrected chi connectivity index (χ2v) is 12.9. The minimum absolute atomic E-state index is 0.00314. The van der Waals surface area contributed by atoms with Crippen molar-refractivity contribution < 1.29 is 53.7 Å². The summed E-state index contributed by atoms with van der Waals surface area (Å²) >= 11 is 0. The zero-order chi connectivity index (χ0) is 38.2. The van der Waals surface area contributed by atoms with Crippen LogP contribution in [0.25, 0.3) is 0 Å². The van der Waals surface area contributed by atoms with Crippen LogP contribution in [0.4, 0.5) is 0 Å². The minimum atomic E-state index is -1.27. The average molecular weight is 719 g/mol. The highest BCUT2D eigenvalue weighted by atomic mass is 16.4. The van der Waals surface area contributed by atoms with Crippen LogP contribution in [0.15, 0.2) is 24.3 Å². The Morgan fingerprint density at radius 2 is 1.51 bits per heavy atom. The van der Waals surface area contributed by atoms with Crippen LogP contribution in [-0.2, 0) is 44.8 Å². The summed E-state index contributed by atoms with van der Waals surface area (Å²) in [4.78, 5) is 102. The molecule has 0 radical (unpaired) electrons. The lowest BCUT2D eigenvalue weighted by Gasteiger charge is -2.31. The highest BCUT2D eigenvalue weighted by Crippen LogP contribution is 2.21. The van der Waals surface area contributed by atoms with E-state index < -0.39 is 84.1 Å². The number of carboxylic acids is 2. The first-order chi connectivity index (χ1) is 24.0. The molecular formula is C34H50N6O11. The van der Waals surface area contributed by atoms with Gasteiger partial charge in [0.05, 0.1) is 6.54 Å². The molecule has 1 aliphatic rings. The van der Waals surface area contributed by atoms with E-state index in [1.54, 1.807) is 26.0 Å². The maximum atomic E-state index is 14.1. The first kappa shape index (κ1) is 41.9. The number of hydrogen-bond donors (Lipinski definition) is 8. The summed E-state index contributed by atoms with van der Waals surface area (Å²) in [5, 5.41) is 40.3. The number of aromatic hydroxyl groups is 1. The minimum Gasteiger partial charge on any atom is -0.508 e. The van der Waals surface area contributed by atoms with Crippen molar-refractivity contribution in [1.29, 1.82) is 0 Å². The summed E-state index contributed by atoms with van der Waals surface area (Å²) in [5.74, 6) is -6.30. The first-order valence-corrected chi connectivity index (χ1v) is 17.0. The number of rotatable bonds is 20. The standard InChI is InChI=1S/C34H50N6O11/c1-19(2)29(37-21(4)41)32(48)39-25(17-22-12-14-23(42)15-13-22)33(49)40-16-8-10-26(40)31(47)38-24(9-6-5-7-11-28(44)45)30(46)35-18-27(43)36-20(3)34(50)51/h12-15,19-20,24-26,29,42H,5-11,16-18H2,1-4H3,(H,35,46)(H,36,43)(H,37,41)(H,38,47)(H,39,48)(H,44,45)(H,50,51)/t20-,24-,25-,26-,29-/m0/s1. The van der Waals surface area contributed by atoms with Crippen LogP contribution in [0.3, 0.4) is 0 Å². The van der Waals surface area contributed by atoms with Crippen LogP contribution in [0.5, 0.6) is 5.75 Å². The number of phenolic OH excluding ortho intramolecular Hbond substituents is 1. The summed E-state index contributed by atoms with van der Waals surface area (Å²) in [7, 11) is 0. The zero-order valence-corrected chi connectivity index (χ0v) is 29.4. The predicted molar refractivity (Wildman–Crippen MR) is 182 cm³/mol. The van der Waals surface area contributed by atoms with Gasteiger partial charge in [-0.25, -0.2) is 0 Å². The number of carbonyl (C=O) groups excluding carboxylic acids is 6. The SMILES string of the molecule is CC(=O)N[C@H](C(=O)N[C@@H](Cc1ccc(O)cc1)C(=O)N1CCC[C@H]1C(=O)N[C@@H](CCCCCC(=O)O)C(=O)NCC(=O)N[C@@H](C)C(=O)O)C(C)C. The monoisotopic (exact) mass is 718 g/mol. The molecule has 1 aromatic rings. The van der Waals surface area contributed by atoms with Gasteiger partial charge in [-0.2, -0.15) is 0 Å². The van der Waals surface area contributed by atoms with Gasteiger partial charge in [0, 0.05) is 26.3 Å². The molecule has 0 unspecified atom stereocenters. The first-order valence-electron chi connectivity index (χ1n) is 17.0. The second-order valence-electron chi connectivity index (χ2n) is 12.9. The summed E-state index contributed by atoms with van der Waals surface area (Å²) < 4.78 is 0. The van der Waals surface area contributed by atoms with Crippen LogP contribution in [-0.4, -0.2) is 111 Å². The number of nitrogens with zero attached hydrogens (tertiary/aromatic N) is 1. The third kappa shape index (κ3) is 14.3. The van der Waals surface area contributed by atoms with E-state index in [4.69, 9.17) is 10.2 Å². The molecule has 1 aliphatic heterocycles. The molecule has 1 heterocycles. The third-order valence-corrected chi connectivity index (χ3v) is 8.32. The van der Waals surface area contributed by atoms with E-state index in [-0.39, 0.29) is 43.9 Å². The Balaban J connectivity index is 2.26. The lowest BCUT2D eigenvalue weighted by molar-refractivity contribution is -0.142. The van der Waals surface area contributed by atoms with Gasteiger partial charge >= 0.3 is 11.9 Å². The topological polar surface area (TPSA) is 261 Å². The molecule has 1 aromatic carbocycles. The van der Waals surface area contributed by atoms with E-state index in [1.807, 2.05) is 0 Å². The Morgan fingerprint density at radius 1 is 0.843 bits per heavy atom. The number of phenols is 1. The maximum absolute atomic E-state index is 14.1. The van der Waals surface area contributed by atoms with Crippen molar-refractivity contribution in [3.63, 3.8) is 0 Å². The van der Waals surface area contributed by atoms with E-state index in [9.17, 15) is 43.5 Å². The van der Waals surface area contributed by atoms with Gasteiger partial charge < -0.3 is 46.8 Å². The lowest BCUT2D eigenvalue weighted by atomic mass is 10.00. The number of carboxylic acid groups (broad SMARTS) is 2. The zero-order valence-electron chi connectivity index (χ0n) is 29.4. The van der Waals surface area contributed by atoms with Gasteiger partial charge in [0.25, 0.3) is 0 Å². The fourth-order valence-electron chi connectivity index (χ4n) is 5.57. The number of nitrogens with one attached hydrogen (secondary N) is 5. The molecule has 0 spiro atoms.